The summed E-state index contributed by atoms with van der Waals surface area (Å²) >= 11 is 0. The number of aliphatic hydroxyl groups excluding tert-OH is 1. The van der Waals surface area contributed by atoms with Crippen molar-refractivity contribution in [3.63, 3.8) is 0 Å². The normalized spacial score (nSPS) is 22.5. The van der Waals surface area contributed by atoms with Crippen LogP contribution in [0.5, 0.6) is 0 Å². The van der Waals surface area contributed by atoms with Gasteiger partial charge in [-0.15, -0.1) is 0 Å². The molecule has 6 nitrogen and oxygen atoms in total. The van der Waals surface area contributed by atoms with Crippen LogP contribution in [0.1, 0.15) is 23.6 Å². The summed E-state index contributed by atoms with van der Waals surface area (Å²) in [5.74, 6) is -1.06. The third-order valence-corrected chi connectivity index (χ3v) is 4.70. The van der Waals surface area contributed by atoms with E-state index in [0.717, 1.165) is 0 Å². The minimum absolute atomic E-state index is 0.0111. The number of benzene rings is 1. The van der Waals surface area contributed by atoms with Crippen molar-refractivity contribution < 1.29 is 41.0 Å². The molecular weight excluding hydrogens is 420 g/mol. The Balaban J connectivity index is 1.85. The molecule has 12 heteroatoms. The first kappa shape index (κ1) is 22.1. The Morgan fingerprint density at radius 1 is 1.23 bits per heavy atom. The third kappa shape index (κ3) is 4.29. The first-order valence-electron chi connectivity index (χ1n) is 8.74. The number of allylic oxidation sites excluding steroid dienone is 1. The van der Waals surface area contributed by atoms with Gasteiger partial charge >= 0.3 is 18.3 Å². The highest BCUT2D eigenvalue weighted by Crippen LogP contribution is 2.36. The molecule has 2 aliphatic rings. The molecule has 0 spiro atoms. The molecule has 2 atom stereocenters. The van der Waals surface area contributed by atoms with Crippen LogP contribution in [-0.2, 0) is 28.5 Å². The maximum atomic E-state index is 13.0. The van der Waals surface area contributed by atoms with E-state index in [1.54, 1.807) is 5.01 Å². The van der Waals surface area contributed by atoms with E-state index in [4.69, 9.17) is 4.74 Å². The van der Waals surface area contributed by atoms with E-state index in [9.17, 15) is 36.2 Å². The number of nitrogens with zero attached hydrogens (tertiary/aromatic N) is 2. The maximum Gasteiger partial charge on any atom is 0.416 e. The summed E-state index contributed by atoms with van der Waals surface area (Å²) in [6, 6.07) is 0.949. The molecule has 2 aliphatic heterocycles. The van der Waals surface area contributed by atoms with Gasteiger partial charge in [0.15, 0.2) is 5.54 Å². The number of hydrazine groups is 1. The summed E-state index contributed by atoms with van der Waals surface area (Å²) in [5, 5.41) is 11.7. The number of nitrogens with one attached hydrogen (secondary N) is 1. The van der Waals surface area contributed by atoms with Crippen molar-refractivity contribution in [3.05, 3.63) is 46.7 Å². The van der Waals surface area contributed by atoms with E-state index in [1.807, 2.05) is 0 Å². The average molecular weight is 437 g/mol. The minimum atomic E-state index is -5.01. The number of fused-ring (bicyclic) bond motifs is 1. The number of rotatable bonds is 4. The van der Waals surface area contributed by atoms with E-state index in [0.29, 0.717) is 30.9 Å². The van der Waals surface area contributed by atoms with Gasteiger partial charge in [0.2, 0.25) is 0 Å². The summed E-state index contributed by atoms with van der Waals surface area (Å²) in [6.07, 6.45) is -8.52. The first-order chi connectivity index (χ1) is 13.8. The minimum Gasteiger partial charge on any atom is -0.459 e. The zero-order chi connectivity index (χ0) is 22.3. The zero-order valence-electron chi connectivity index (χ0n) is 15.5. The van der Waals surface area contributed by atoms with Crippen molar-refractivity contribution in [2.24, 2.45) is 4.99 Å². The van der Waals surface area contributed by atoms with Crippen molar-refractivity contribution in [1.29, 1.82) is 0 Å². The fourth-order valence-electron chi connectivity index (χ4n) is 3.10. The van der Waals surface area contributed by atoms with Gasteiger partial charge < -0.3 is 14.9 Å². The number of ether oxygens (including phenoxy) is 1. The van der Waals surface area contributed by atoms with Crippen LogP contribution in [0.25, 0.3) is 0 Å². The third-order valence-electron chi connectivity index (χ3n) is 4.70. The van der Waals surface area contributed by atoms with Gasteiger partial charge in [-0.25, -0.2) is 10.2 Å². The standard InChI is InChI=1S/C18H17F6N3O3/c1-10(28)16(7-14-8-25-2-3-27(14)26-16)15(29)30-9-11-4-12(17(19,20)21)6-13(5-11)18(22,23)24/h4-8,10,26,28H,2-3,9H2,1H3. The lowest BCUT2D eigenvalue weighted by Gasteiger charge is -2.32. The molecular formula is C18H17F6N3O3. The van der Waals surface area contributed by atoms with Crippen molar-refractivity contribution in [2.75, 3.05) is 13.1 Å². The van der Waals surface area contributed by atoms with Crippen molar-refractivity contribution in [3.8, 4) is 0 Å². The number of alkyl halides is 6. The highest BCUT2D eigenvalue weighted by Gasteiger charge is 2.49. The molecule has 2 N–H and O–H groups in total. The number of carbonyl (C=O) groups excluding carboxylic acids is 1. The number of hydrogen-bond donors (Lipinski definition) is 2. The Labute approximate surface area is 166 Å². The summed E-state index contributed by atoms with van der Waals surface area (Å²) in [6.45, 7) is 1.28. The first-order valence-corrected chi connectivity index (χ1v) is 8.74. The van der Waals surface area contributed by atoms with E-state index in [-0.39, 0.29) is 6.07 Å². The molecule has 0 radical (unpaired) electrons. The molecule has 0 saturated heterocycles. The highest BCUT2D eigenvalue weighted by atomic mass is 19.4. The van der Waals surface area contributed by atoms with Crippen LogP contribution >= 0.6 is 0 Å². The van der Waals surface area contributed by atoms with Gasteiger partial charge in [0.1, 0.15) is 6.61 Å². The van der Waals surface area contributed by atoms with Crippen molar-refractivity contribution in [1.82, 2.24) is 10.4 Å². The molecule has 0 amide bonds. The Kier molecular flexibility index (Phi) is 5.58. The second-order valence-corrected chi connectivity index (χ2v) is 6.90. The van der Waals surface area contributed by atoms with E-state index in [1.165, 1.54) is 19.2 Å². The number of hydrogen-bond acceptors (Lipinski definition) is 6. The van der Waals surface area contributed by atoms with E-state index in [2.05, 4.69) is 10.4 Å². The molecule has 0 fully saturated rings. The Morgan fingerprint density at radius 3 is 2.33 bits per heavy atom. The molecule has 0 bridgehead atoms. The second kappa shape index (κ2) is 7.58. The molecule has 0 aromatic heterocycles. The van der Waals surface area contributed by atoms with Crippen LogP contribution in [0.3, 0.4) is 0 Å². The zero-order valence-corrected chi connectivity index (χ0v) is 15.5. The van der Waals surface area contributed by atoms with E-state index < -0.39 is 53.3 Å². The van der Waals surface area contributed by atoms with Gasteiger partial charge in [0, 0.05) is 6.21 Å². The van der Waals surface area contributed by atoms with E-state index >= 15 is 0 Å². The Hall–Kier alpha value is -2.60. The number of carbonyl (C=O) groups is 1. The van der Waals surface area contributed by atoms with Gasteiger partial charge in [-0.1, -0.05) is 0 Å². The monoisotopic (exact) mass is 437 g/mol. The lowest BCUT2D eigenvalue weighted by Crippen LogP contribution is -2.60. The molecule has 164 valence electrons. The van der Waals surface area contributed by atoms with Crippen molar-refractivity contribution in [2.45, 2.75) is 37.5 Å². The van der Waals surface area contributed by atoms with Crippen LogP contribution in [-0.4, -0.2) is 47.0 Å². The Bertz CT molecular complexity index is 862. The molecule has 2 unspecified atom stereocenters. The molecule has 1 aromatic carbocycles. The van der Waals surface area contributed by atoms with Crippen molar-refractivity contribution >= 4 is 12.2 Å². The summed E-state index contributed by atoms with van der Waals surface area (Å²) in [7, 11) is 0. The topological polar surface area (TPSA) is 74.2 Å². The lowest BCUT2D eigenvalue weighted by molar-refractivity contribution is -0.156. The highest BCUT2D eigenvalue weighted by molar-refractivity contribution is 5.89. The lowest BCUT2D eigenvalue weighted by atomic mass is 9.94. The molecule has 30 heavy (non-hydrogen) atoms. The molecule has 2 heterocycles. The number of aliphatic imine (C=N–C) groups is 1. The number of halogens is 6. The van der Waals surface area contributed by atoms with Gasteiger partial charge in [-0.3, -0.25) is 4.99 Å². The van der Waals surface area contributed by atoms with Gasteiger partial charge in [-0.2, -0.15) is 26.3 Å². The van der Waals surface area contributed by atoms with Crippen LogP contribution in [0.2, 0.25) is 0 Å². The predicted octanol–water partition coefficient (Wildman–Crippen LogP) is 2.68. The van der Waals surface area contributed by atoms with Gasteiger partial charge in [0.25, 0.3) is 0 Å². The molecule has 3 rings (SSSR count). The quantitative estimate of drug-likeness (QED) is 0.560. The van der Waals surface area contributed by atoms with Crippen LogP contribution in [0.4, 0.5) is 26.3 Å². The van der Waals surface area contributed by atoms with Crippen LogP contribution in [0, 0.1) is 0 Å². The van der Waals surface area contributed by atoms with Crippen LogP contribution < -0.4 is 5.43 Å². The average Bonchev–Trinajstić information content (AvgIpc) is 3.05. The number of aliphatic hydroxyl groups is 1. The summed E-state index contributed by atoms with van der Waals surface area (Å²) in [4.78, 5) is 16.7. The fraction of sp³-hybridized carbons (Fsp3) is 0.444. The second-order valence-electron chi connectivity index (χ2n) is 6.90. The number of esters is 1. The fourth-order valence-corrected chi connectivity index (χ4v) is 3.10. The summed E-state index contributed by atoms with van der Waals surface area (Å²) < 4.78 is 82.8. The van der Waals surface area contributed by atoms with Crippen LogP contribution in [0.15, 0.2) is 35.0 Å². The largest absolute Gasteiger partial charge is 0.459 e. The molecule has 1 aromatic rings. The SMILES string of the molecule is CC(O)C1(C(=O)OCc2cc(C(F)(F)F)cc(C(F)(F)F)c2)C=C2C=NCCN2N1. The van der Waals surface area contributed by atoms with Gasteiger partial charge in [0.05, 0.1) is 36.0 Å². The smallest absolute Gasteiger partial charge is 0.416 e. The maximum absolute atomic E-state index is 13.0. The Morgan fingerprint density at radius 2 is 1.83 bits per heavy atom. The predicted molar refractivity (Wildman–Crippen MR) is 91.9 cm³/mol. The van der Waals surface area contributed by atoms with Gasteiger partial charge in [-0.05, 0) is 36.8 Å². The molecule has 0 saturated carbocycles. The summed E-state index contributed by atoms with van der Waals surface area (Å²) in [5.41, 5.74) is -2.00. The molecule has 0 aliphatic carbocycles.